The summed E-state index contributed by atoms with van der Waals surface area (Å²) in [5.41, 5.74) is 1.68. The van der Waals surface area contributed by atoms with E-state index in [0.717, 1.165) is 16.3 Å². The standard InChI is InChI=1S/C11H10FN/c1-7-8(2)11(12)5-9-3-4-13-6-10(7)9/h3-6H,1-2H3. The van der Waals surface area contributed by atoms with Crippen molar-refractivity contribution in [2.45, 2.75) is 13.8 Å². The van der Waals surface area contributed by atoms with Crippen molar-refractivity contribution in [2.75, 3.05) is 0 Å². The maximum absolute atomic E-state index is 13.3. The summed E-state index contributed by atoms with van der Waals surface area (Å²) in [5.74, 6) is -0.142. The van der Waals surface area contributed by atoms with Crippen molar-refractivity contribution in [3.63, 3.8) is 0 Å². The molecule has 0 aliphatic heterocycles. The number of pyridine rings is 1. The van der Waals surface area contributed by atoms with Gasteiger partial charge in [0, 0.05) is 17.8 Å². The van der Waals surface area contributed by atoms with Gasteiger partial charge in [-0.25, -0.2) is 4.39 Å². The zero-order chi connectivity index (χ0) is 9.42. The first-order valence-corrected chi connectivity index (χ1v) is 4.19. The number of nitrogens with zero attached hydrogens (tertiary/aromatic N) is 1. The second-order valence-electron chi connectivity index (χ2n) is 3.21. The van der Waals surface area contributed by atoms with Gasteiger partial charge < -0.3 is 0 Å². The zero-order valence-electron chi connectivity index (χ0n) is 7.63. The van der Waals surface area contributed by atoms with Crippen LogP contribution < -0.4 is 0 Å². The Bertz CT molecular complexity index is 463. The number of benzene rings is 1. The molecule has 0 atom stereocenters. The van der Waals surface area contributed by atoms with Gasteiger partial charge in [0.2, 0.25) is 0 Å². The van der Waals surface area contributed by atoms with Crippen LogP contribution in [0.5, 0.6) is 0 Å². The highest BCUT2D eigenvalue weighted by molar-refractivity contribution is 5.85. The van der Waals surface area contributed by atoms with Gasteiger partial charge in [-0.3, -0.25) is 4.98 Å². The van der Waals surface area contributed by atoms with E-state index in [4.69, 9.17) is 0 Å². The third-order valence-corrected chi connectivity index (χ3v) is 2.46. The fourth-order valence-electron chi connectivity index (χ4n) is 1.47. The molecule has 0 saturated carbocycles. The minimum atomic E-state index is -0.142. The lowest BCUT2D eigenvalue weighted by Crippen LogP contribution is -1.89. The molecule has 2 rings (SSSR count). The van der Waals surface area contributed by atoms with E-state index in [1.165, 1.54) is 0 Å². The molecule has 0 radical (unpaired) electrons. The summed E-state index contributed by atoms with van der Waals surface area (Å²) in [6.07, 6.45) is 3.45. The van der Waals surface area contributed by atoms with Crippen LogP contribution in [0.4, 0.5) is 4.39 Å². The Morgan fingerprint density at radius 1 is 1.23 bits per heavy atom. The van der Waals surface area contributed by atoms with E-state index in [0.29, 0.717) is 5.56 Å². The van der Waals surface area contributed by atoms with Gasteiger partial charge in [0.25, 0.3) is 0 Å². The predicted octanol–water partition coefficient (Wildman–Crippen LogP) is 2.99. The van der Waals surface area contributed by atoms with Crippen molar-refractivity contribution in [2.24, 2.45) is 0 Å². The molecule has 0 aliphatic carbocycles. The molecule has 0 bridgehead atoms. The fourth-order valence-corrected chi connectivity index (χ4v) is 1.47. The molecule has 0 N–H and O–H groups in total. The molecule has 1 heterocycles. The Labute approximate surface area is 76.2 Å². The number of fused-ring (bicyclic) bond motifs is 1. The van der Waals surface area contributed by atoms with Crippen molar-refractivity contribution in [1.29, 1.82) is 0 Å². The van der Waals surface area contributed by atoms with E-state index >= 15 is 0 Å². The Balaban J connectivity index is 2.94. The monoisotopic (exact) mass is 175 g/mol. The molecule has 13 heavy (non-hydrogen) atoms. The summed E-state index contributed by atoms with van der Waals surface area (Å²) >= 11 is 0. The average Bonchev–Trinajstić information content (AvgIpc) is 2.15. The summed E-state index contributed by atoms with van der Waals surface area (Å²) in [6, 6.07) is 3.38. The summed E-state index contributed by atoms with van der Waals surface area (Å²) < 4.78 is 13.3. The fraction of sp³-hybridized carbons (Fsp3) is 0.182. The molecule has 0 spiro atoms. The predicted molar refractivity (Wildman–Crippen MR) is 51.2 cm³/mol. The Hall–Kier alpha value is -1.44. The van der Waals surface area contributed by atoms with Crippen LogP contribution in [0, 0.1) is 19.7 Å². The van der Waals surface area contributed by atoms with Gasteiger partial charge in [-0.15, -0.1) is 0 Å². The van der Waals surface area contributed by atoms with Crippen LogP contribution in [0.2, 0.25) is 0 Å². The molecular weight excluding hydrogens is 165 g/mol. The van der Waals surface area contributed by atoms with Gasteiger partial charge in [0.05, 0.1) is 0 Å². The van der Waals surface area contributed by atoms with E-state index in [1.807, 2.05) is 13.0 Å². The summed E-state index contributed by atoms with van der Waals surface area (Å²) in [6.45, 7) is 3.71. The molecule has 1 aromatic carbocycles. The van der Waals surface area contributed by atoms with Gasteiger partial charge in [0.1, 0.15) is 5.82 Å². The van der Waals surface area contributed by atoms with Crippen LogP contribution in [0.25, 0.3) is 10.8 Å². The number of aromatic nitrogens is 1. The molecule has 2 aromatic rings. The first-order valence-electron chi connectivity index (χ1n) is 4.19. The highest BCUT2D eigenvalue weighted by atomic mass is 19.1. The molecule has 0 fully saturated rings. The SMILES string of the molecule is Cc1c(F)cc2ccncc2c1C. The number of rotatable bonds is 0. The lowest BCUT2D eigenvalue weighted by atomic mass is 10.0. The normalized spacial score (nSPS) is 10.7. The van der Waals surface area contributed by atoms with Crippen LogP contribution >= 0.6 is 0 Å². The Kier molecular flexibility index (Phi) is 1.76. The highest BCUT2D eigenvalue weighted by Gasteiger charge is 2.05. The summed E-state index contributed by atoms with van der Waals surface area (Å²) in [5, 5.41) is 1.94. The average molecular weight is 175 g/mol. The van der Waals surface area contributed by atoms with Gasteiger partial charge in [-0.1, -0.05) is 0 Å². The molecule has 0 aliphatic rings. The van der Waals surface area contributed by atoms with Crippen molar-refractivity contribution in [3.8, 4) is 0 Å². The molecule has 1 aromatic heterocycles. The van der Waals surface area contributed by atoms with Crippen LogP contribution in [0.1, 0.15) is 11.1 Å². The third kappa shape index (κ3) is 1.18. The van der Waals surface area contributed by atoms with Gasteiger partial charge in [-0.05, 0) is 42.5 Å². The second-order valence-corrected chi connectivity index (χ2v) is 3.21. The Morgan fingerprint density at radius 2 is 2.00 bits per heavy atom. The molecule has 0 unspecified atom stereocenters. The maximum atomic E-state index is 13.3. The van der Waals surface area contributed by atoms with Gasteiger partial charge >= 0.3 is 0 Å². The van der Waals surface area contributed by atoms with Crippen molar-refractivity contribution in [1.82, 2.24) is 4.98 Å². The summed E-state index contributed by atoms with van der Waals surface area (Å²) in [4.78, 5) is 4.02. The van der Waals surface area contributed by atoms with E-state index in [-0.39, 0.29) is 5.82 Å². The molecule has 0 amide bonds. The molecule has 66 valence electrons. The van der Waals surface area contributed by atoms with Crippen molar-refractivity contribution >= 4 is 10.8 Å². The first-order chi connectivity index (χ1) is 6.20. The van der Waals surface area contributed by atoms with E-state index < -0.39 is 0 Å². The maximum Gasteiger partial charge on any atom is 0.127 e. The number of hydrogen-bond acceptors (Lipinski definition) is 1. The van der Waals surface area contributed by atoms with Crippen LogP contribution in [-0.2, 0) is 0 Å². The van der Waals surface area contributed by atoms with E-state index in [2.05, 4.69) is 4.98 Å². The van der Waals surface area contributed by atoms with E-state index in [9.17, 15) is 4.39 Å². The van der Waals surface area contributed by atoms with Gasteiger partial charge in [-0.2, -0.15) is 0 Å². The van der Waals surface area contributed by atoms with Gasteiger partial charge in [0.15, 0.2) is 0 Å². The third-order valence-electron chi connectivity index (χ3n) is 2.46. The molecule has 1 nitrogen and oxygen atoms in total. The zero-order valence-corrected chi connectivity index (χ0v) is 7.63. The minimum Gasteiger partial charge on any atom is -0.264 e. The number of halogens is 1. The first kappa shape index (κ1) is 8.17. The molecular formula is C11H10FN. The van der Waals surface area contributed by atoms with Crippen LogP contribution in [-0.4, -0.2) is 4.98 Å². The van der Waals surface area contributed by atoms with Crippen LogP contribution in [0.15, 0.2) is 24.5 Å². The van der Waals surface area contributed by atoms with Crippen molar-refractivity contribution in [3.05, 3.63) is 41.5 Å². The lowest BCUT2D eigenvalue weighted by molar-refractivity contribution is 0.619. The van der Waals surface area contributed by atoms with Crippen LogP contribution in [0.3, 0.4) is 0 Å². The lowest BCUT2D eigenvalue weighted by Gasteiger charge is -2.05. The highest BCUT2D eigenvalue weighted by Crippen LogP contribution is 2.22. The van der Waals surface area contributed by atoms with E-state index in [1.54, 1.807) is 25.4 Å². The number of hydrogen-bond donors (Lipinski definition) is 0. The minimum absolute atomic E-state index is 0.142. The Morgan fingerprint density at radius 3 is 2.77 bits per heavy atom. The molecule has 2 heteroatoms. The summed E-state index contributed by atoms with van der Waals surface area (Å²) in [7, 11) is 0. The largest absolute Gasteiger partial charge is 0.264 e. The smallest absolute Gasteiger partial charge is 0.127 e. The topological polar surface area (TPSA) is 12.9 Å². The van der Waals surface area contributed by atoms with Crippen molar-refractivity contribution < 1.29 is 4.39 Å². The second kappa shape index (κ2) is 2.80. The molecule has 0 saturated heterocycles. The quantitative estimate of drug-likeness (QED) is 0.599. The number of aryl methyl sites for hydroxylation is 1.